The molecule has 1 aromatic carbocycles. The monoisotopic (exact) mass is 284 g/mol. The summed E-state index contributed by atoms with van der Waals surface area (Å²) < 4.78 is 0. The first-order valence-electron chi connectivity index (χ1n) is 8.36. The zero-order chi connectivity index (χ0) is 15.1. The van der Waals surface area contributed by atoms with Gasteiger partial charge in [-0.3, -0.25) is 4.98 Å². The summed E-state index contributed by atoms with van der Waals surface area (Å²) in [5.74, 6) is 0. The maximum atomic E-state index is 4.66. The Morgan fingerprint density at radius 3 is 2.67 bits per heavy atom. The van der Waals surface area contributed by atoms with Gasteiger partial charge in [-0.25, -0.2) is 0 Å². The van der Waals surface area contributed by atoms with E-state index in [1.165, 1.54) is 43.1 Å². The van der Waals surface area contributed by atoms with E-state index in [1.54, 1.807) is 0 Å². The summed E-state index contributed by atoms with van der Waals surface area (Å²) in [6, 6.07) is 11.2. The van der Waals surface area contributed by atoms with Crippen LogP contribution in [0.3, 0.4) is 0 Å². The van der Waals surface area contributed by atoms with Gasteiger partial charge in [0.05, 0.1) is 5.52 Å². The minimum atomic E-state index is 0.443. The van der Waals surface area contributed by atoms with Crippen LogP contribution in [0.1, 0.15) is 63.3 Å². The maximum Gasteiger partial charge on any atom is 0.0708 e. The van der Waals surface area contributed by atoms with Crippen LogP contribution in [0.15, 0.2) is 30.3 Å². The van der Waals surface area contributed by atoms with Crippen LogP contribution in [0, 0.1) is 6.92 Å². The lowest BCUT2D eigenvalue weighted by atomic mass is 9.96. The van der Waals surface area contributed by atoms with Gasteiger partial charge in [-0.2, -0.15) is 0 Å². The number of hydrogen-bond acceptors (Lipinski definition) is 2. The summed E-state index contributed by atoms with van der Waals surface area (Å²) >= 11 is 0. The van der Waals surface area contributed by atoms with Crippen molar-refractivity contribution in [3.63, 3.8) is 0 Å². The number of aryl methyl sites for hydroxylation is 1. The third-order valence-electron chi connectivity index (χ3n) is 4.05. The predicted octanol–water partition coefficient (Wildman–Crippen LogP) is 5.16. The lowest BCUT2D eigenvalue weighted by Crippen LogP contribution is -2.21. The number of rotatable bonds is 8. The molecule has 1 N–H and O–H groups in total. The van der Waals surface area contributed by atoms with E-state index in [2.05, 4.69) is 61.4 Å². The van der Waals surface area contributed by atoms with Gasteiger partial charge < -0.3 is 5.32 Å². The first-order valence-corrected chi connectivity index (χ1v) is 8.36. The molecule has 0 bridgehead atoms. The van der Waals surface area contributed by atoms with Crippen LogP contribution in [0.4, 0.5) is 0 Å². The molecular weight excluding hydrogens is 256 g/mol. The van der Waals surface area contributed by atoms with Gasteiger partial charge in [0, 0.05) is 17.1 Å². The Morgan fingerprint density at radius 1 is 1.10 bits per heavy atom. The van der Waals surface area contributed by atoms with Crippen LogP contribution in [-0.4, -0.2) is 11.5 Å². The highest BCUT2D eigenvalue weighted by Gasteiger charge is 2.14. The molecule has 0 aliphatic rings. The quantitative estimate of drug-likeness (QED) is 0.677. The number of pyridine rings is 1. The number of hydrogen-bond donors (Lipinski definition) is 1. The zero-order valence-electron chi connectivity index (χ0n) is 13.7. The van der Waals surface area contributed by atoms with E-state index in [1.807, 2.05) is 0 Å². The molecule has 2 rings (SSSR count). The summed E-state index contributed by atoms with van der Waals surface area (Å²) in [6.45, 7) is 7.56. The molecule has 1 unspecified atom stereocenters. The van der Waals surface area contributed by atoms with Gasteiger partial charge in [-0.1, -0.05) is 57.7 Å². The summed E-state index contributed by atoms with van der Waals surface area (Å²) in [5.41, 5.74) is 3.64. The number of benzene rings is 1. The van der Waals surface area contributed by atoms with Gasteiger partial charge in [0.15, 0.2) is 0 Å². The third kappa shape index (κ3) is 4.28. The topological polar surface area (TPSA) is 24.9 Å². The maximum absolute atomic E-state index is 4.66. The van der Waals surface area contributed by atoms with E-state index in [4.69, 9.17) is 0 Å². The standard InChI is InChI=1S/C19H28N2/c1-4-6-7-8-12-18(20-5-2)17-14-15(3)21-19-13-10-9-11-16(17)19/h9-11,13-14,18,20H,4-8,12H2,1-3H3. The smallest absolute Gasteiger partial charge is 0.0708 e. The second kappa shape index (κ2) is 8.14. The molecule has 2 aromatic rings. The van der Waals surface area contributed by atoms with Gasteiger partial charge in [0.2, 0.25) is 0 Å². The predicted molar refractivity (Wildman–Crippen MR) is 91.7 cm³/mol. The molecule has 0 aliphatic heterocycles. The Hall–Kier alpha value is -1.41. The normalized spacial score (nSPS) is 12.7. The number of nitrogens with one attached hydrogen (secondary N) is 1. The van der Waals surface area contributed by atoms with E-state index in [9.17, 15) is 0 Å². The SMILES string of the molecule is CCCCCCC(NCC)c1cc(C)nc2ccccc12. The molecule has 1 heterocycles. The summed E-state index contributed by atoms with van der Waals surface area (Å²) in [5, 5.41) is 4.96. The largest absolute Gasteiger partial charge is 0.310 e. The molecule has 1 atom stereocenters. The number of para-hydroxylation sites is 1. The van der Waals surface area contributed by atoms with Crippen molar-refractivity contribution in [2.45, 2.75) is 58.9 Å². The Kier molecular flexibility index (Phi) is 6.19. The lowest BCUT2D eigenvalue weighted by Gasteiger charge is -2.20. The number of unbranched alkanes of at least 4 members (excludes halogenated alkanes) is 3. The highest BCUT2D eigenvalue weighted by Crippen LogP contribution is 2.27. The minimum Gasteiger partial charge on any atom is -0.310 e. The molecule has 0 fully saturated rings. The second-order valence-electron chi connectivity index (χ2n) is 5.83. The molecule has 1 aromatic heterocycles. The van der Waals surface area contributed by atoms with Crippen molar-refractivity contribution in [1.29, 1.82) is 0 Å². The van der Waals surface area contributed by atoms with Crippen LogP contribution >= 0.6 is 0 Å². The number of nitrogens with zero attached hydrogens (tertiary/aromatic N) is 1. The molecule has 0 saturated heterocycles. The van der Waals surface area contributed by atoms with E-state index in [0.717, 1.165) is 17.8 Å². The number of aromatic nitrogens is 1. The molecule has 0 spiro atoms. The fourth-order valence-corrected chi connectivity index (χ4v) is 3.02. The summed E-state index contributed by atoms with van der Waals surface area (Å²) in [6.07, 6.45) is 6.47. The van der Waals surface area contributed by atoms with Gasteiger partial charge in [-0.15, -0.1) is 0 Å². The molecule has 0 amide bonds. The number of fused-ring (bicyclic) bond motifs is 1. The fraction of sp³-hybridized carbons (Fsp3) is 0.526. The molecule has 2 nitrogen and oxygen atoms in total. The van der Waals surface area contributed by atoms with E-state index in [0.29, 0.717) is 6.04 Å². The molecule has 21 heavy (non-hydrogen) atoms. The van der Waals surface area contributed by atoms with E-state index < -0.39 is 0 Å². The summed E-state index contributed by atoms with van der Waals surface area (Å²) in [7, 11) is 0. The molecule has 0 aliphatic carbocycles. The third-order valence-corrected chi connectivity index (χ3v) is 4.05. The van der Waals surface area contributed by atoms with Crippen molar-refractivity contribution in [2.24, 2.45) is 0 Å². The van der Waals surface area contributed by atoms with Crippen LogP contribution < -0.4 is 5.32 Å². The highest BCUT2D eigenvalue weighted by molar-refractivity contribution is 5.82. The Morgan fingerprint density at radius 2 is 1.90 bits per heavy atom. The molecule has 0 radical (unpaired) electrons. The van der Waals surface area contributed by atoms with Crippen molar-refractivity contribution < 1.29 is 0 Å². The van der Waals surface area contributed by atoms with Crippen molar-refractivity contribution in [3.8, 4) is 0 Å². The van der Waals surface area contributed by atoms with Gasteiger partial charge >= 0.3 is 0 Å². The fourth-order valence-electron chi connectivity index (χ4n) is 3.02. The zero-order valence-corrected chi connectivity index (χ0v) is 13.7. The van der Waals surface area contributed by atoms with Crippen molar-refractivity contribution in [1.82, 2.24) is 10.3 Å². The average Bonchev–Trinajstić information content (AvgIpc) is 2.49. The summed E-state index contributed by atoms with van der Waals surface area (Å²) in [4.78, 5) is 4.66. The van der Waals surface area contributed by atoms with E-state index >= 15 is 0 Å². The average molecular weight is 284 g/mol. The Bertz CT molecular complexity index is 562. The van der Waals surface area contributed by atoms with Gasteiger partial charge in [0.1, 0.15) is 0 Å². The van der Waals surface area contributed by atoms with Gasteiger partial charge in [-0.05, 0) is 37.6 Å². The highest BCUT2D eigenvalue weighted by atomic mass is 14.9. The van der Waals surface area contributed by atoms with E-state index in [-0.39, 0.29) is 0 Å². The lowest BCUT2D eigenvalue weighted by molar-refractivity contribution is 0.484. The van der Waals surface area contributed by atoms with Crippen LogP contribution in [0.5, 0.6) is 0 Å². The molecule has 2 heteroatoms. The van der Waals surface area contributed by atoms with Crippen LogP contribution in [0.2, 0.25) is 0 Å². The molecular formula is C19H28N2. The Labute approximate surface area is 129 Å². The first-order chi connectivity index (χ1) is 10.3. The van der Waals surface area contributed by atoms with Crippen molar-refractivity contribution >= 4 is 10.9 Å². The second-order valence-corrected chi connectivity index (χ2v) is 5.83. The van der Waals surface area contributed by atoms with Crippen molar-refractivity contribution in [3.05, 3.63) is 41.6 Å². The van der Waals surface area contributed by atoms with Crippen LogP contribution in [-0.2, 0) is 0 Å². The molecule has 0 saturated carbocycles. The Balaban J connectivity index is 2.26. The molecule has 114 valence electrons. The first kappa shape index (κ1) is 16.0. The van der Waals surface area contributed by atoms with Gasteiger partial charge in [0.25, 0.3) is 0 Å². The van der Waals surface area contributed by atoms with Crippen LogP contribution in [0.25, 0.3) is 10.9 Å². The minimum absolute atomic E-state index is 0.443. The van der Waals surface area contributed by atoms with Crippen molar-refractivity contribution in [2.75, 3.05) is 6.54 Å².